The summed E-state index contributed by atoms with van der Waals surface area (Å²) >= 11 is 1.21. The van der Waals surface area contributed by atoms with Gasteiger partial charge in [-0.3, -0.25) is 9.59 Å². The highest BCUT2D eigenvalue weighted by molar-refractivity contribution is 7.15. The zero-order valence-electron chi connectivity index (χ0n) is 14.7. The summed E-state index contributed by atoms with van der Waals surface area (Å²) in [6.45, 7) is 5.44. The van der Waals surface area contributed by atoms with Crippen molar-refractivity contribution in [2.45, 2.75) is 63.8 Å². The van der Waals surface area contributed by atoms with Crippen LogP contribution in [0.2, 0.25) is 0 Å². The number of nitrogens with one attached hydrogen (secondary N) is 2. The zero-order chi connectivity index (χ0) is 17.8. The van der Waals surface area contributed by atoms with Gasteiger partial charge in [0.05, 0.1) is 34.0 Å². The number of amides is 2. The van der Waals surface area contributed by atoms with E-state index in [0.717, 1.165) is 38.9 Å². The highest BCUT2D eigenvalue weighted by atomic mass is 32.1. The van der Waals surface area contributed by atoms with Gasteiger partial charge < -0.3 is 20.1 Å². The van der Waals surface area contributed by atoms with Gasteiger partial charge in [-0.25, -0.2) is 0 Å². The predicted molar refractivity (Wildman–Crippen MR) is 96.1 cm³/mol. The molecule has 1 aromatic rings. The Labute approximate surface area is 152 Å². The molecule has 1 aromatic heterocycles. The van der Waals surface area contributed by atoms with Crippen molar-refractivity contribution in [1.29, 1.82) is 0 Å². The van der Waals surface area contributed by atoms with E-state index < -0.39 is 0 Å². The van der Waals surface area contributed by atoms with E-state index in [2.05, 4.69) is 10.6 Å². The molecule has 2 saturated heterocycles. The van der Waals surface area contributed by atoms with Crippen molar-refractivity contribution in [2.75, 3.05) is 13.2 Å². The molecule has 0 spiro atoms. The number of ether oxygens (including phenoxy) is 2. The van der Waals surface area contributed by atoms with Gasteiger partial charge in [-0.2, -0.15) is 0 Å². The van der Waals surface area contributed by atoms with E-state index in [-0.39, 0.29) is 36.1 Å². The molecule has 6 nitrogen and oxygen atoms in total. The van der Waals surface area contributed by atoms with Crippen molar-refractivity contribution in [3.05, 3.63) is 21.9 Å². The average molecular weight is 366 g/mol. The van der Waals surface area contributed by atoms with E-state index >= 15 is 0 Å². The molecule has 2 aliphatic heterocycles. The third-order valence-corrected chi connectivity index (χ3v) is 5.90. The summed E-state index contributed by atoms with van der Waals surface area (Å²) in [6.07, 6.45) is 4.19. The summed E-state index contributed by atoms with van der Waals surface area (Å²) in [5.41, 5.74) is 0. The minimum atomic E-state index is -0.153. The molecule has 2 aliphatic rings. The van der Waals surface area contributed by atoms with Crippen LogP contribution < -0.4 is 10.6 Å². The molecule has 2 fully saturated rings. The topological polar surface area (TPSA) is 76.7 Å². The number of hydrogen-bond acceptors (Lipinski definition) is 5. The van der Waals surface area contributed by atoms with Gasteiger partial charge in [0.2, 0.25) is 0 Å². The maximum atomic E-state index is 12.4. The number of hydrogen-bond donors (Lipinski definition) is 2. The van der Waals surface area contributed by atoms with E-state index in [0.29, 0.717) is 9.75 Å². The van der Waals surface area contributed by atoms with E-state index in [1.807, 2.05) is 13.8 Å². The number of thiophene rings is 1. The molecule has 3 rings (SSSR count). The van der Waals surface area contributed by atoms with Crippen molar-refractivity contribution in [2.24, 2.45) is 0 Å². The smallest absolute Gasteiger partial charge is 0.261 e. The minimum Gasteiger partial charge on any atom is -0.376 e. The molecular weight excluding hydrogens is 340 g/mol. The fraction of sp³-hybridized carbons (Fsp3) is 0.667. The zero-order valence-corrected chi connectivity index (χ0v) is 15.6. The molecule has 0 saturated carbocycles. The van der Waals surface area contributed by atoms with E-state index in [1.165, 1.54) is 11.3 Å². The van der Waals surface area contributed by atoms with Gasteiger partial charge in [0.15, 0.2) is 0 Å². The highest BCUT2D eigenvalue weighted by Gasteiger charge is 2.26. The van der Waals surface area contributed by atoms with Crippen LogP contribution in [0.5, 0.6) is 0 Å². The standard InChI is InChI=1S/C18H26N2O4S/c1-11(13-5-3-9-23-13)19-17(21)15-7-8-16(25-15)18(22)20-12(2)14-6-4-10-24-14/h7-8,11-14H,3-6,9-10H2,1-2H3,(H,19,21)(H,20,22)/t11-,12+,13-,14+. The molecule has 138 valence electrons. The van der Waals surface area contributed by atoms with Crippen LogP contribution in [0, 0.1) is 0 Å². The van der Waals surface area contributed by atoms with Gasteiger partial charge in [0.25, 0.3) is 11.8 Å². The maximum absolute atomic E-state index is 12.4. The van der Waals surface area contributed by atoms with Gasteiger partial charge in [-0.1, -0.05) is 0 Å². The quantitative estimate of drug-likeness (QED) is 0.810. The summed E-state index contributed by atoms with van der Waals surface area (Å²) in [4.78, 5) is 25.8. The average Bonchev–Trinajstić information content (AvgIpc) is 3.36. The lowest BCUT2D eigenvalue weighted by Crippen LogP contribution is -2.40. The number of rotatable bonds is 6. The Morgan fingerprint density at radius 3 is 1.76 bits per heavy atom. The van der Waals surface area contributed by atoms with Crippen LogP contribution in [0.1, 0.15) is 58.9 Å². The summed E-state index contributed by atoms with van der Waals surface area (Å²) < 4.78 is 11.2. The lowest BCUT2D eigenvalue weighted by Gasteiger charge is -2.19. The van der Waals surface area contributed by atoms with E-state index in [1.54, 1.807) is 12.1 Å². The monoisotopic (exact) mass is 366 g/mol. The van der Waals surface area contributed by atoms with Crippen LogP contribution in [0.15, 0.2) is 12.1 Å². The first-order valence-corrected chi connectivity index (χ1v) is 9.81. The third-order valence-electron chi connectivity index (χ3n) is 4.82. The lowest BCUT2D eigenvalue weighted by atomic mass is 10.1. The normalized spacial score (nSPS) is 25.5. The Morgan fingerprint density at radius 2 is 1.40 bits per heavy atom. The molecule has 0 aromatic carbocycles. The molecule has 3 heterocycles. The molecule has 2 N–H and O–H groups in total. The van der Waals surface area contributed by atoms with Crippen molar-refractivity contribution in [1.82, 2.24) is 10.6 Å². The van der Waals surface area contributed by atoms with Crippen LogP contribution in [0.4, 0.5) is 0 Å². The molecule has 0 bridgehead atoms. The largest absolute Gasteiger partial charge is 0.376 e. The second kappa shape index (κ2) is 8.29. The fourth-order valence-electron chi connectivity index (χ4n) is 3.32. The molecule has 2 amide bonds. The van der Waals surface area contributed by atoms with E-state index in [4.69, 9.17) is 9.47 Å². The van der Waals surface area contributed by atoms with Crippen LogP contribution in [0.3, 0.4) is 0 Å². The van der Waals surface area contributed by atoms with Gasteiger partial charge in [-0.05, 0) is 51.7 Å². The summed E-state index contributed by atoms with van der Waals surface area (Å²) in [5, 5.41) is 5.94. The first kappa shape index (κ1) is 18.4. The Kier molecular flexibility index (Phi) is 6.09. The Hall–Kier alpha value is -1.44. The van der Waals surface area contributed by atoms with Gasteiger partial charge >= 0.3 is 0 Å². The van der Waals surface area contributed by atoms with Crippen molar-refractivity contribution >= 4 is 23.2 Å². The fourth-order valence-corrected chi connectivity index (χ4v) is 4.13. The summed E-state index contributed by atoms with van der Waals surface area (Å²) in [6, 6.07) is 3.34. The predicted octanol–water partition coefficient (Wildman–Crippen LogP) is 2.34. The van der Waals surface area contributed by atoms with Crippen molar-refractivity contribution < 1.29 is 19.1 Å². The third kappa shape index (κ3) is 4.59. The Bertz CT molecular complexity index is 555. The number of carbonyl (C=O) groups excluding carboxylic acids is 2. The first-order valence-electron chi connectivity index (χ1n) is 8.99. The van der Waals surface area contributed by atoms with Crippen LogP contribution in [-0.2, 0) is 9.47 Å². The summed E-state index contributed by atoms with van der Waals surface area (Å²) in [5.74, 6) is -0.307. The lowest BCUT2D eigenvalue weighted by molar-refractivity contribution is 0.0714. The molecule has 4 atom stereocenters. The SMILES string of the molecule is C[C@H](NC(=O)c1ccc(C(=O)N[C@H](C)[C@H]2CCCO2)s1)[C@@H]1CCCO1. The van der Waals surface area contributed by atoms with E-state index in [9.17, 15) is 9.59 Å². The van der Waals surface area contributed by atoms with Crippen LogP contribution in [-0.4, -0.2) is 49.3 Å². The van der Waals surface area contributed by atoms with Crippen molar-refractivity contribution in [3.63, 3.8) is 0 Å². The van der Waals surface area contributed by atoms with Crippen molar-refractivity contribution in [3.8, 4) is 0 Å². The molecule has 25 heavy (non-hydrogen) atoms. The molecule has 0 unspecified atom stereocenters. The summed E-state index contributed by atoms with van der Waals surface area (Å²) in [7, 11) is 0. The maximum Gasteiger partial charge on any atom is 0.261 e. The Morgan fingerprint density at radius 1 is 0.960 bits per heavy atom. The molecular formula is C18H26N2O4S. The van der Waals surface area contributed by atoms with Crippen LogP contribution in [0.25, 0.3) is 0 Å². The number of carbonyl (C=O) groups is 2. The second-order valence-electron chi connectivity index (χ2n) is 6.79. The molecule has 0 radical (unpaired) electrons. The minimum absolute atomic E-state index is 0.0334. The molecule has 7 heteroatoms. The van der Waals surface area contributed by atoms with Crippen LogP contribution >= 0.6 is 11.3 Å². The van der Waals surface area contributed by atoms with Gasteiger partial charge in [0, 0.05) is 13.2 Å². The van der Waals surface area contributed by atoms with Gasteiger partial charge in [0.1, 0.15) is 0 Å². The first-order chi connectivity index (χ1) is 12.0. The second-order valence-corrected chi connectivity index (χ2v) is 7.87. The molecule has 0 aliphatic carbocycles. The Balaban J connectivity index is 1.53. The van der Waals surface area contributed by atoms with Gasteiger partial charge in [-0.15, -0.1) is 11.3 Å². The highest BCUT2D eigenvalue weighted by Crippen LogP contribution is 2.20.